The highest BCUT2D eigenvalue weighted by Crippen LogP contribution is 2.47. The molecule has 7 heteroatoms. The molecule has 0 amide bonds. The van der Waals surface area contributed by atoms with Gasteiger partial charge < -0.3 is 23.1 Å². The summed E-state index contributed by atoms with van der Waals surface area (Å²) in [5, 5.41) is 0.150. The van der Waals surface area contributed by atoms with Crippen molar-refractivity contribution >= 4 is 16.6 Å². The molecule has 0 N–H and O–H groups in total. The Kier molecular flexibility index (Phi) is 6.71. The van der Waals surface area contributed by atoms with E-state index in [1.165, 1.54) is 0 Å². The molecular weight excluding hydrogens is 484 g/mol. The summed E-state index contributed by atoms with van der Waals surface area (Å²) < 4.78 is 32.0. The fourth-order valence-corrected chi connectivity index (χ4v) is 6.64. The molecule has 2 heterocycles. The first-order chi connectivity index (χ1) is 16.3. The van der Waals surface area contributed by atoms with Gasteiger partial charge in [0.05, 0.1) is 12.7 Å². The minimum Gasteiger partial charge on any atom is -0.408 e. The van der Waals surface area contributed by atoms with Crippen molar-refractivity contribution < 1.29 is 23.1 Å². The van der Waals surface area contributed by atoms with Gasteiger partial charge in [-0.3, -0.25) is 0 Å². The highest BCUT2D eigenvalue weighted by molar-refractivity contribution is 6.74. The largest absolute Gasteiger partial charge is 0.408 e. The molecule has 2 aliphatic carbocycles. The van der Waals surface area contributed by atoms with Crippen molar-refractivity contribution in [3.05, 3.63) is 23.3 Å². The summed E-state index contributed by atoms with van der Waals surface area (Å²) in [6.07, 6.45) is 3.14. The van der Waals surface area contributed by atoms with Crippen molar-refractivity contribution in [2.75, 3.05) is 6.61 Å². The maximum atomic E-state index is 7.04. The van der Waals surface area contributed by atoms with Crippen molar-refractivity contribution in [2.45, 2.75) is 127 Å². The Morgan fingerprint density at radius 2 is 1.56 bits per heavy atom. The molecule has 0 aromatic carbocycles. The van der Waals surface area contributed by atoms with E-state index in [2.05, 4.69) is 97.5 Å². The van der Waals surface area contributed by atoms with Crippen LogP contribution in [0, 0.1) is 23.7 Å². The van der Waals surface area contributed by atoms with Gasteiger partial charge >= 0.3 is 0 Å². The molecular formula is C29H44O5Si2. The van der Waals surface area contributed by atoms with E-state index in [1.807, 2.05) is 19.9 Å². The van der Waals surface area contributed by atoms with E-state index >= 15 is 0 Å². The van der Waals surface area contributed by atoms with Gasteiger partial charge in [0.1, 0.15) is 12.2 Å². The van der Waals surface area contributed by atoms with E-state index in [-0.39, 0.29) is 34.5 Å². The summed E-state index contributed by atoms with van der Waals surface area (Å²) in [6, 6.07) is 0. The molecule has 2 aliphatic heterocycles. The fourth-order valence-electron chi connectivity index (χ4n) is 4.17. The Morgan fingerprint density at radius 3 is 2.11 bits per heavy atom. The predicted molar refractivity (Wildman–Crippen MR) is 148 cm³/mol. The van der Waals surface area contributed by atoms with E-state index in [9.17, 15) is 0 Å². The topological polar surface area (TPSA) is 49.5 Å². The number of ether oxygens (including phenoxy) is 3. The monoisotopic (exact) mass is 528 g/mol. The summed E-state index contributed by atoms with van der Waals surface area (Å²) >= 11 is 0. The number of rotatable bonds is 5. The van der Waals surface area contributed by atoms with Crippen LogP contribution in [0.25, 0.3) is 0 Å². The van der Waals surface area contributed by atoms with Gasteiger partial charge in [-0.2, -0.15) is 0 Å². The van der Waals surface area contributed by atoms with E-state index in [0.717, 1.165) is 11.1 Å². The third-order valence-electron chi connectivity index (χ3n) is 8.68. The van der Waals surface area contributed by atoms with Crippen LogP contribution in [0.3, 0.4) is 0 Å². The number of epoxide rings is 1. The summed E-state index contributed by atoms with van der Waals surface area (Å²) in [5.41, 5.74) is 1.17. The first kappa shape index (κ1) is 27.9. The van der Waals surface area contributed by atoms with Gasteiger partial charge in [0.15, 0.2) is 34.1 Å². The summed E-state index contributed by atoms with van der Waals surface area (Å²) in [7, 11) is -4.18. The quantitative estimate of drug-likeness (QED) is 0.251. The van der Waals surface area contributed by atoms with E-state index in [4.69, 9.17) is 23.1 Å². The summed E-state index contributed by atoms with van der Waals surface area (Å²) in [6.45, 7) is 27.0. The van der Waals surface area contributed by atoms with Crippen LogP contribution in [0.15, 0.2) is 23.3 Å². The fraction of sp³-hybridized carbons (Fsp3) is 0.724. The number of fused-ring (bicyclic) bond motifs is 2. The minimum atomic E-state index is -2.10. The first-order valence-electron chi connectivity index (χ1n) is 13.1. The van der Waals surface area contributed by atoms with Crippen molar-refractivity contribution in [1.29, 1.82) is 0 Å². The van der Waals surface area contributed by atoms with E-state index < -0.39 is 28.0 Å². The second-order valence-corrected chi connectivity index (χ2v) is 23.5. The lowest BCUT2D eigenvalue weighted by Gasteiger charge is -2.43. The normalized spacial score (nSPS) is 34.9. The highest BCUT2D eigenvalue weighted by atomic mass is 28.4. The second kappa shape index (κ2) is 8.68. The van der Waals surface area contributed by atoms with Crippen LogP contribution in [-0.2, 0) is 23.1 Å². The Hall–Kier alpha value is -1.17. The van der Waals surface area contributed by atoms with Gasteiger partial charge in [-0.1, -0.05) is 65.2 Å². The van der Waals surface area contributed by atoms with Crippen molar-refractivity contribution in [1.82, 2.24) is 0 Å². The van der Waals surface area contributed by atoms with Crippen LogP contribution in [0.2, 0.25) is 36.3 Å². The van der Waals surface area contributed by atoms with Gasteiger partial charge in [0, 0.05) is 11.1 Å². The summed E-state index contributed by atoms with van der Waals surface area (Å²) in [5.74, 6) is 12.7. The molecule has 0 spiro atoms. The van der Waals surface area contributed by atoms with Crippen LogP contribution >= 0.6 is 0 Å². The van der Waals surface area contributed by atoms with Crippen LogP contribution in [0.5, 0.6) is 0 Å². The lowest BCUT2D eigenvalue weighted by Crippen LogP contribution is -2.50. The van der Waals surface area contributed by atoms with Crippen LogP contribution < -0.4 is 0 Å². The van der Waals surface area contributed by atoms with Gasteiger partial charge in [-0.15, -0.1) is 0 Å². The molecule has 0 radical (unpaired) electrons. The third-order valence-corrected chi connectivity index (χ3v) is 17.6. The molecule has 36 heavy (non-hydrogen) atoms. The lowest BCUT2D eigenvalue weighted by molar-refractivity contribution is -0.143. The first-order valence-corrected chi connectivity index (χ1v) is 18.9. The van der Waals surface area contributed by atoms with Gasteiger partial charge in [-0.05, 0) is 62.3 Å². The predicted octanol–water partition coefficient (Wildman–Crippen LogP) is 5.94. The number of hydrogen-bond acceptors (Lipinski definition) is 5. The Labute approximate surface area is 220 Å². The average Bonchev–Trinajstić information content (AvgIpc) is 3.12. The zero-order chi connectivity index (χ0) is 26.9. The van der Waals surface area contributed by atoms with Gasteiger partial charge in [-0.25, -0.2) is 0 Å². The maximum absolute atomic E-state index is 7.04. The molecule has 0 aromatic heterocycles. The maximum Gasteiger partial charge on any atom is 0.196 e. The van der Waals surface area contributed by atoms with Crippen molar-refractivity contribution in [3.8, 4) is 23.7 Å². The molecule has 2 saturated heterocycles. The van der Waals surface area contributed by atoms with Gasteiger partial charge in [0.25, 0.3) is 0 Å². The minimum absolute atomic E-state index is 0.0693. The molecule has 2 fully saturated rings. The van der Waals surface area contributed by atoms with Gasteiger partial charge in [0.2, 0.25) is 0 Å². The van der Waals surface area contributed by atoms with Crippen LogP contribution in [0.4, 0.5) is 0 Å². The highest BCUT2D eigenvalue weighted by Gasteiger charge is 2.64. The zero-order valence-electron chi connectivity index (χ0n) is 24.2. The molecule has 198 valence electrons. The molecule has 5 atom stereocenters. The molecule has 4 rings (SSSR count). The Bertz CT molecular complexity index is 1100. The number of allylic oxidation sites excluding steroid dienone is 1. The molecule has 0 aromatic rings. The Morgan fingerprint density at radius 1 is 0.944 bits per heavy atom. The molecule has 0 unspecified atom stereocenters. The van der Waals surface area contributed by atoms with Crippen LogP contribution in [0.1, 0.15) is 55.4 Å². The SMILES string of the molecule is CC1(C)OC[C@H]([C@]23C#CC4=C[C@@H](O[Si](C)(C)C(C)(C)C)[C@H](O[Si](C)(C)C(C)(C)C)/C4=C/C#C[C@H]2O3)O1. The van der Waals surface area contributed by atoms with Crippen molar-refractivity contribution in [2.24, 2.45) is 0 Å². The third kappa shape index (κ3) is 5.09. The van der Waals surface area contributed by atoms with E-state index in [0.29, 0.717) is 6.61 Å². The molecule has 4 aliphatic rings. The molecule has 5 nitrogen and oxygen atoms in total. The van der Waals surface area contributed by atoms with E-state index in [1.54, 1.807) is 0 Å². The zero-order valence-corrected chi connectivity index (χ0v) is 26.2. The second-order valence-electron chi connectivity index (χ2n) is 14.0. The van der Waals surface area contributed by atoms with Crippen molar-refractivity contribution in [3.63, 3.8) is 0 Å². The van der Waals surface area contributed by atoms with Crippen LogP contribution in [-0.4, -0.2) is 59.0 Å². The molecule has 0 bridgehead atoms. The lowest BCUT2D eigenvalue weighted by atomic mass is 9.98. The molecule has 0 saturated carbocycles. The number of hydrogen-bond donors (Lipinski definition) is 0. The smallest absolute Gasteiger partial charge is 0.196 e. The average molecular weight is 529 g/mol. The standard InChI is InChI=1S/C29H44O5Si2/c1-26(2,3)35(9,10)33-22-18-20-16-17-29(24-19-30-28(7,8)31-24)23(32-29)15-13-14-21(20)25(22)34-36(11,12)27(4,5)6/h14,18,22-25H,19H2,1-12H3/b21-14+/t22-,23-,24-,25-,29+/m1/s1. The summed E-state index contributed by atoms with van der Waals surface area (Å²) in [4.78, 5) is 0. The Balaban J connectivity index is 1.72.